The van der Waals surface area contributed by atoms with E-state index in [1.165, 1.54) is 45.2 Å². The van der Waals surface area contributed by atoms with Gasteiger partial charge in [-0.3, -0.25) is 10.3 Å². The van der Waals surface area contributed by atoms with Gasteiger partial charge >= 0.3 is 0 Å². The molecule has 2 rings (SSSR count). The molecule has 0 aromatic carbocycles. The van der Waals surface area contributed by atoms with E-state index in [2.05, 4.69) is 36.5 Å². The van der Waals surface area contributed by atoms with E-state index in [-0.39, 0.29) is 6.10 Å². The predicted molar refractivity (Wildman–Crippen MR) is 96.2 cm³/mol. The summed E-state index contributed by atoms with van der Waals surface area (Å²) < 4.78 is 5.99. The van der Waals surface area contributed by atoms with Gasteiger partial charge in [0.05, 0.1) is 0 Å². The summed E-state index contributed by atoms with van der Waals surface area (Å²) in [6, 6.07) is 0.679. The topological polar surface area (TPSA) is 39.6 Å². The maximum atomic E-state index is 8.32. The van der Waals surface area contributed by atoms with Crippen molar-refractivity contribution in [1.29, 1.82) is 5.41 Å². The molecule has 0 amide bonds. The highest BCUT2D eigenvalue weighted by atomic mass is 32.1. The molecule has 0 aromatic heterocycles. The van der Waals surface area contributed by atoms with Crippen LogP contribution in [-0.2, 0) is 4.74 Å². The van der Waals surface area contributed by atoms with E-state index in [1.54, 1.807) is 0 Å². The van der Waals surface area contributed by atoms with Crippen LogP contribution in [0, 0.1) is 11.3 Å². The van der Waals surface area contributed by atoms with Crippen LogP contribution in [0.5, 0.6) is 0 Å². The number of likely N-dealkylation sites (tertiary alicyclic amines) is 1. The summed E-state index contributed by atoms with van der Waals surface area (Å²) in [5, 5.41) is 8.32. The molecule has 0 spiro atoms. The van der Waals surface area contributed by atoms with E-state index >= 15 is 0 Å². The Labute approximate surface area is 141 Å². The zero-order valence-corrected chi connectivity index (χ0v) is 15.2. The van der Waals surface area contributed by atoms with E-state index in [1.807, 2.05) is 0 Å². The van der Waals surface area contributed by atoms with Crippen molar-refractivity contribution >= 4 is 18.5 Å². The lowest BCUT2D eigenvalue weighted by atomic mass is 9.85. The van der Waals surface area contributed by atoms with Crippen LogP contribution < -0.4 is 0 Å². The van der Waals surface area contributed by atoms with Crippen LogP contribution in [-0.4, -0.2) is 67.3 Å². The molecule has 2 aliphatic rings. The molecule has 1 aliphatic heterocycles. The molecule has 1 aliphatic carbocycles. The van der Waals surface area contributed by atoms with Crippen molar-refractivity contribution in [3.8, 4) is 0 Å². The Morgan fingerprint density at radius 2 is 1.82 bits per heavy atom. The fourth-order valence-corrected chi connectivity index (χ4v) is 3.88. The lowest BCUT2D eigenvalue weighted by Gasteiger charge is -2.34. The molecule has 4 nitrogen and oxygen atoms in total. The number of thiol groups is 1. The number of piperidine rings is 1. The summed E-state index contributed by atoms with van der Waals surface area (Å²) >= 11 is 4.44. The molecule has 1 heterocycles. The van der Waals surface area contributed by atoms with Crippen molar-refractivity contribution in [1.82, 2.24) is 9.80 Å². The van der Waals surface area contributed by atoms with Crippen molar-refractivity contribution in [2.75, 3.05) is 39.5 Å². The first-order chi connectivity index (χ1) is 10.6. The molecule has 1 atom stereocenters. The molecule has 1 saturated carbocycles. The Kier molecular flexibility index (Phi) is 7.51. The second kappa shape index (κ2) is 9.14. The van der Waals surface area contributed by atoms with Crippen LogP contribution in [0.15, 0.2) is 0 Å². The average molecular weight is 328 g/mol. The summed E-state index contributed by atoms with van der Waals surface area (Å²) in [4.78, 5) is 4.79. The smallest absolute Gasteiger partial charge is 0.183 e. The molecular weight excluding hydrogens is 294 g/mol. The second-order valence-corrected chi connectivity index (χ2v) is 7.48. The number of hydrogen-bond donors (Lipinski definition) is 2. The summed E-state index contributed by atoms with van der Waals surface area (Å²) in [5.41, 5.74) is 0. The van der Waals surface area contributed by atoms with Crippen LogP contribution in [0.3, 0.4) is 0 Å². The highest BCUT2D eigenvalue weighted by Crippen LogP contribution is 2.28. The van der Waals surface area contributed by atoms with Crippen LogP contribution >= 0.6 is 12.6 Å². The monoisotopic (exact) mass is 327 g/mol. The number of nitrogens with zero attached hydrogens (tertiary/aromatic N) is 2. The van der Waals surface area contributed by atoms with Crippen molar-refractivity contribution in [3.63, 3.8) is 0 Å². The van der Waals surface area contributed by atoms with Crippen LogP contribution in [0.2, 0.25) is 0 Å². The summed E-state index contributed by atoms with van der Waals surface area (Å²) in [6.07, 6.45) is 8.56. The molecule has 0 aromatic rings. The standard InChI is InChI=1S/C17H33N3OS/c1-19(2)15-8-6-14(7-9-15)17(18)21-16(13-22)12-20-10-4-3-5-11-20/h14-16,18,22H,3-13H2,1-2H3. The Hall–Kier alpha value is -0.260. The highest BCUT2D eigenvalue weighted by Gasteiger charge is 2.28. The van der Waals surface area contributed by atoms with Crippen molar-refractivity contribution < 1.29 is 4.74 Å². The fraction of sp³-hybridized carbons (Fsp3) is 0.941. The molecule has 2 fully saturated rings. The van der Waals surface area contributed by atoms with Gasteiger partial charge in [0.15, 0.2) is 5.90 Å². The van der Waals surface area contributed by atoms with Gasteiger partial charge in [0.2, 0.25) is 0 Å². The van der Waals surface area contributed by atoms with Gasteiger partial charge in [-0.05, 0) is 65.7 Å². The van der Waals surface area contributed by atoms with Crippen molar-refractivity contribution in [2.45, 2.75) is 57.1 Å². The first-order valence-corrected chi connectivity index (χ1v) is 9.48. The Morgan fingerprint density at radius 3 is 2.36 bits per heavy atom. The Bertz CT molecular complexity index is 337. The van der Waals surface area contributed by atoms with E-state index in [0.29, 0.717) is 23.6 Å². The van der Waals surface area contributed by atoms with E-state index in [9.17, 15) is 0 Å². The van der Waals surface area contributed by atoms with Crippen molar-refractivity contribution in [3.05, 3.63) is 0 Å². The van der Waals surface area contributed by atoms with Crippen LogP contribution in [0.1, 0.15) is 44.9 Å². The van der Waals surface area contributed by atoms with Gasteiger partial charge in [0.25, 0.3) is 0 Å². The SMILES string of the molecule is CN(C)C1CCC(C(=N)OC(CS)CN2CCCCC2)CC1. The largest absolute Gasteiger partial charge is 0.475 e. The minimum Gasteiger partial charge on any atom is -0.475 e. The number of rotatable bonds is 6. The van der Waals surface area contributed by atoms with Gasteiger partial charge < -0.3 is 9.64 Å². The molecular formula is C17H33N3OS. The summed E-state index contributed by atoms with van der Waals surface area (Å²) in [6.45, 7) is 3.28. The molecule has 128 valence electrons. The summed E-state index contributed by atoms with van der Waals surface area (Å²) in [7, 11) is 4.31. The normalized spacial score (nSPS) is 28.5. The third kappa shape index (κ3) is 5.43. The molecule has 1 unspecified atom stereocenters. The fourth-order valence-electron chi connectivity index (χ4n) is 3.69. The third-order valence-corrected chi connectivity index (χ3v) is 5.61. The first kappa shape index (κ1) is 18.1. The summed E-state index contributed by atoms with van der Waals surface area (Å²) in [5.74, 6) is 1.53. The maximum absolute atomic E-state index is 8.32. The molecule has 0 radical (unpaired) electrons. The Morgan fingerprint density at radius 1 is 1.18 bits per heavy atom. The molecule has 22 heavy (non-hydrogen) atoms. The first-order valence-electron chi connectivity index (χ1n) is 8.85. The van der Waals surface area contributed by atoms with Gasteiger partial charge in [-0.2, -0.15) is 12.6 Å². The minimum absolute atomic E-state index is 0.0699. The number of hydrogen-bond acceptors (Lipinski definition) is 5. The minimum atomic E-state index is 0.0699. The third-order valence-electron chi connectivity index (χ3n) is 5.21. The molecule has 5 heteroatoms. The van der Waals surface area contributed by atoms with Gasteiger partial charge in [0.1, 0.15) is 6.10 Å². The Balaban J connectivity index is 1.74. The molecule has 1 saturated heterocycles. The lowest BCUT2D eigenvalue weighted by Crippen LogP contribution is -2.40. The van der Waals surface area contributed by atoms with E-state index < -0.39 is 0 Å². The lowest BCUT2D eigenvalue weighted by molar-refractivity contribution is 0.111. The van der Waals surface area contributed by atoms with Gasteiger partial charge in [-0.15, -0.1) is 0 Å². The maximum Gasteiger partial charge on any atom is 0.183 e. The van der Waals surface area contributed by atoms with E-state index in [4.69, 9.17) is 10.1 Å². The van der Waals surface area contributed by atoms with Crippen LogP contribution in [0.25, 0.3) is 0 Å². The van der Waals surface area contributed by atoms with Crippen molar-refractivity contribution in [2.24, 2.45) is 5.92 Å². The molecule has 1 N–H and O–H groups in total. The second-order valence-electron chi connectivity index (χ2n) is 7.12. The molecule has 0 bridgehead atoms. The number of nitrogens with one attached hydrogen (secondary N) is 1. The van der Waals surface area contributed by atoms with Gasteiger partial charge in [-0.1, -0.05) is 6.42 Å². The van der Waals surface area contributed by atoms with E-state index in [0.717, 1.165) is 19.4 Å². The van der Waals surface area contributed by atoms with Crippen LogP contribution in [0.4, 0.5) is 0 Å². The zero-order valence-electron chi connectivity index (χ0n) is 14.3. The quantitative estimate of drug-likeness (QED) is 0.448. The van der Waals surface area contributed by atoms with Gasteiger partial charge in [0, 0.05) is 24.3 Å². The highest BCUT2D eigenvalue weighted by molar-refractivity contribution is 7.80. The average Bonchev–Trinajstić information content (AvgIpc) is 2.55. The van der Waals surface area contributed by atoms with Gasteiger partial charge in [-0.25, -0.2) is 0 Å². The number of ether oxygens (including phenoxy) is 1. The predicted octanol–water partition coefficient (Wildman–Crippen LogP) is 2.88. The zero-order chi connectivity index (χ0) is 15.9.